The van der Waals surface area contributed by atoms with Crippen molar-refractivity contribution in [1.82, 2.24) is 10.2 Å². The number of benzene rings is 2. The molecule has 1 saturated heterocycles. The highest BCUT2D eigenvalue weighted by molar-refractivity contribution is 5.78. The number of piperidine rings is 1. The fraction of sp³-hybridized carbons (Fsp3) is 0.458. The summed E-state index contributed by atoms with van der Waals surface area (Å²) in [5, 5.41) is 2.98. The summed E-state index contributed by atoms with van der Waals surface area (Å²) in [5.41, 5.74) is 2.09. The first kappa shape index (κ1) is 20.4. The van der Waals surface area contributed by atoms with Crippen LogP contribution in [0.2, 0.25) is 0 Å². The number of ether oxygens (including phenoxy) is 1. The van der Waals surface area contributed by atoms with E-state index in [0.717, 1.165) is 41.7 Å². The van der Waals surface area contributed by atoms with Crippen molar-refractivity contribution in [1.29, 1.82) is 0 Å². The summed E-state index contributed by atoms with van der Waals surface area (Å²) in [4.78, 5) is 14.7. The van der Waals surface area contributed by atoms with Crippen LogP contribution in [0.4, 0.5) is 0 Å². The molecule has 1 fully saturated rings. The second-order valence-corrected chi connectivity index (χ2v) is 8.06. The molecular formula is C24H32N2O2. The SMILES string of the molecule is C[C@@H]1C[C@@H](C)CN(CCCNC(=O)COc2ccccc2-c2ccccc2)C1. The Bertz CT molecular complexity index is 737. The van der Waals surface area contributed by atoms with Gasteiger partial charge in [-0.05, 0) is 42.9 Å². The number of carbonyl (C=O) groups is 1. The number of likely N-dealkylation sites (tertiary alicyclic amines) is 1. The highest BCUT2D eigenvalue weighted by atomic mass is 16.5. The molecule has 2 aromatic carbocycles. The fourth-order valence-corrected chi connectivity index (χ4v) is 4.15. The van der Waals surface area contributed by atoms with Gasteiger partial charge in [-0.25, -0.2) is 0 Å². The Hall–Kier alpha value is -2.33. The van der Waals surface area contributed by atoms with Gasteiger partial charge < -0.3 is 15.0 Å². The summed E-state index contributed by atoms with van der Waals surface area (Å²) >= 11 is 0. The summed E-state index contributed by atoms with van der Waals surface area (Å²) < 4.78 is 5.81. The molecule has 1 aliphatic heterocycles. The van der Waals surface area contributed by atoms with Gasteiger partial charge in [0.1, 0.15) is 5.75 Å². The van der Waals surface area contributed by atoms with E-state index in [1.165, 1.54) is 19.5 Å². The Labute approximate surface area is 168 Å². The van der Waals surface area contributed by atoms with Gasteiger partial charge >= 0.3 is 0 Å². The minimum absolute atomic E-state index is 0.0433. The molecule has 2 atom stereocenters. The summed E-state index contributed by atoms with van der Waals surface area (Å²) in [6.45, 7) is 8.80. The van der Waals surface area contributed by atoms with Crippen LogP contribution in [-0.4, -0.2) is 43.6 Å². The third kappa shape index (κ3) is 6.10. The Morgan fingerprint density at radius 2 is 1.71 bits per heavy atom. The van der Waals surface area contributed by atoms with E-state index in [9.17, 15) is 4.79 Å². The maximum Gasteiger partial charge on any atom is 0.257 e. The zero-order valence-electron chi connectivity index (χ0n) is 17.1. The maximum atomic E-state index is 12.2. The quantitative estimate of drug-likeness (QED) is 0.697. The largest absolute Gasteiger partial charge is 0.483 e. The molecule has 0 bridgehead atoms. The summed E-state index contributed by atoms with van der Waals surface area (Å²) in [6, 6.07) is 17.9. The second-order valence-electron chi connectivity index (χ2n) is 8.06. The molecule has 0 unspecified atom stereocenters. The lowest BCUT2D eigenvalue weighted by Gasteiger charge is -2.34. The van der Waals surface area contributed by atoms with Crippen LogP contribution >= 0.6 is 0 Å². The molecule has 0 aliphatic carbocycles. The highest BCUT2D eigenvalue weighted by Crippen LogP contribution is 2.29. The molecule has 4 nitrogen and oxygen atoms in total. The van der Waals surface area contributed by atoms with E-state index in [1.807, 2.05) is 54.6 Å². The standard InChI is InChI=1S/C24H32N2O2/c1-19-15-20(2)17-26(16-19)14-8-13-25-24(27)18-28-23-12-7-6-11-22(23)21-9-4-3-5-10-21/h3-7,9-12,19-20H,8,13-18H2,1-2H3,(H,25,27)/t19-,20-/m1/s1. The van der Waals surface area contributed by atoms with Gasteiger partial charge in [0.15, 0.2) is 6.61 Å². The number of carbonyl (C=O) groups excluding carboxylic acids is 1. The number of nitrogens with one attached hydrogen (secondary N) is 1. The zero-order valence-corrected chi connectivity index (χ0v) is 17.1. The van der Waals surface area contributed by atoms with Crippen LogP contribution in [0.5, 0.6) is 5.75 Å². The van der Waals surface area contributed by atoms with E-state index in [1.54, 1.807) is 0 Å². The second kappa shape index (κ2) is 10.3. The first-order chi connectivity index (χ1) is 13.6. The fourth-order valence-electron chi connectivity index (χ4n) is 4.15. The topological polar surface area (TPSA) is 41.6 Å². The minimum atomic E-state index is -0.0664. The normalized spacial score (nSPS) is 19.9. The smallest absolute Gasteiger partial charge is 0.257 e. The van der Waals surface area contributed by atoms with Crippen LogP contribution in [0, 0.1) is 11.8 Å². The summed E-state index contributed by atoms with van der Waals surface area (Å²) in [7, 11) is 0. The van der Waals surface area contributed by atoms with Crippen molar-refractivity contribution < 1.29 is 9.53 Å². The first-order valence-electron chi connectivity index (χ1n) is 10.4. The molecule has 0 aromatic heterocycles. The van der Waals surface area contributed by atoms with Gasteiger partial charge in [0.25, 0.3) is 5.91 Å². The predicted molar refractivity (Wildman–Crippen MR) is 114 cm³/mol. The van der Waals surface area contributed by atoms with E-state index in [-0.39, 0.29) is 12.5 Å². The Morgan fingerprint density at radius 3 is 2.46 bits per heavy atom. The van der Waals surface area contributed by atoms with Crippen molar-refractivity contribution in [3.63, 3.8) is 0 Å². The summed E-state index contributed by atoms with van der Waals surface area (Å²) in [5.74, 6) is 2.22. The lowest BCUT2D eigenvalue weighted by Crippen LogP contribution is -2.40. The minimum Gasteiger partial charge on any atom is -0.483 e. The lowest BCUT2D eigenvalue weighted by molar-refractivity contribution is -0.123. The zero-order chi connectivity index (χ0) is 19.8. The highest BCUT2D eigenvalue weighted by Gasteiger charge is 2.21. The molecule has 1 heterocycles. The Morgan fingerprint density at radius 1 is 1.04 bits per heavy atom. The molecule has 3 rings (SSSR count). The molecule has 1 N–H and O–H groups in total. The van der Waals surface area contributed by atoms with Gasteiger partial charge in [-0.1, -0.05) is 62.4 Å². The van der Waals surface area contributed by atoms with E-state index >= 15 is 0 Å². The molecule has 28 heavy (non-hydrogen) atoms. The Kier molecular flexibility index (Phi) is 7.49. The number of amides is 1. The maximum absolute atomic E-state index is 12.2. The average Bonchev–Trinajstić information content (AvgIpc) is 2.70. The van der Waals surface area contributed by atoms with Gasteiger partial charge in [-0.2, -0.15) is 0 Å². The van der Waals surface area contributed by atoms with Crippen molar-refractivity contribution >= 4 is 5.91 Å². The van der Waals surface area contributed by atoms with E-state index < -0.39 is 0 Å². The number of hydrogen-bond acceptors (Lipinski definition) is 3. The third-order valence-electron chi connectivity index (χ3n) is 5.25. The molecule has 0 spiro atoms. The molecule has 150 valence electrons. The van der Waals surface area contributed by atoms with Crippen LogP contribution in [0.15, 0.2) is 54.6 Å². The molecular weight excluding hydrogens is 348 g/mol. The average molecular weight is 381 g/mol. The van der Waals surface area contributed by atoms with Crippen LogP contribution in [0.3, 0.4) is 0 Å². The van der Waals surface area contributed by atoms with Crippen molar-refractivity contribution in [3.05, 3.63) is 54.6 Å². The van der Waals surface area contributed by atoms with E-state index in [2.05, 4.69) is 24.1 Å². The molecule has 4 heteroatoms. The number of hydrogen-bond donors (Lipinski definition) is 1. The molecule has 1 aliphatic rings. The van der Waals surface area contributed by atoms with Gasteiger partial charge in [0, 0.05) is 25.2 Å². The monoisotopic (exact) mass is 380 g/mol. The van der Waals surface area contributed by atoms with E-state index in [4.69, 9.17) is 4.74 Å². The van der Waals surface area contributed by atoms with Gasteiger partial charge in [0.2, 0.25) is 0 Å². The van der Waals surface area contributed by atoms with Gasteiger partial charge in [0.05, 0.1) is 0 Å². The predicted octanol–water partition coefficient (Wildman–Crippen LogP) is 4.22. The van der Waals surface area contributed by atoms with Gasteiger partial charge in [-0.3, -0.25) is 4.79 Å². The number of rotatable bonds is 8. The molecule has 1 amide bonds. The number of nitrogens with zero attached hydrogens (tertiary/aromatic N) is 1. The van der Waals surface area contributed by atoms with Crippen molar-refractivity contribution in [2.75, 3.05) is 32.8 Å². The molecule has 0 radical (unpaired) electrons. The van der Waals surface area contributed by atoms with Crippen LogP contribution in [-0.2, 0) is 4.79 Å². The number of para-hydroxylation sites is 1. The third-order valence-corrected chi connectivity index (χ3v) is 5.25. The van der Waals surface area contributed by atoms with Crippen LogP contribution in [0.1, 0.15) is 26.7 Å². The molecule has 2 aromatic rings. The van der Waals surface area contributed by atoms with Gasteiger partial charge in [-0.15, -0.1) is 0 Å². The summed E-state index contributed by atoms with van der Waals surface area (Å²) in [6.07, 6.45) is 2.31. The van der Waals surface area contributed by atoms with Crippen LogP contribution in [0.25, 0.3) is 11.1 Å². The van der Waals surface area contributed by atoms with Crippen molar-refractivity contribution in [2.24, 2.45) is 11.8 Å². The van der Waals surface area contributed by atoms with Crippen molar-refractivity contribution in [2.45, 2.75) is 26.7 Å². The first-order valence-corrected chi connectivity index (χ1v) is 10.4. The molecule has 0 saturated carbocycles. The Balaban J connectivity index is 1.41. The van der Waals surface area contributed by atoms with E-state index in [0.29, 0.717) is 6.54 Å². The lowest BCUT2D eigenvalue weighted by atomic mass is 9.92. The van der Waals surface area contributed by atoms with Crippen molar-refractivity contribution in [3.8, 4) is 16.9 Å². The van der Waals surface area contributed by atoms with Crippen LogP contribution < -0.4 is 10.1 Å².